The Balaban J connectivity index is 1.62. The molecule has 20 heavy (non-hydrogen) atoms. The minimum absolute atomic E-state index is 0.131. The van der Waals surface area contributed by atoms with Crippen molar-refractivity contribution in [3.05, 3.63) is 34.9 Å². The average Bonchev–Trinajstić information content (AvgIpc) is 2.86. The molecule has 1 aromatic rings. The Morgan fingerprint density at radius 2 is 1.85 bits per heavy atom. The van der Waals surface area contributed by atoms with Crippen molar-refractivity contribution in [2.45, 2.75) is 57.3 Å². The molecule has 1 nitrogen and oxygen atoms in total. The van der Waals surface area contributed by atoms with Gasteiger partial charge in [-0.2, -0.15) is 0 Å². The average molecular weight is 278 g/mol. The zero-order chi connectivity index (χ0) is 14.2. The molecule has 0 N–H and O–H groups in total. The van der Waals surface area contributed by atoms with Gasteiger partial charge in [0.25, 0.3) is 0 Å². The van der Waals surface area contributed by atoms with Crippen molar-refractivity contribution in [3.8, 4) is 0 Å². The molecule has 0 amide bonds. The van der Waals surface area contributed by atoms with Crippen LogP contribution in [0.2, 0.25) is 0 Å². The number of aryl methyl sites for hydroxylation is 2. The molecule has 1 saturated carbocycles. The van der Waals surface area contributed by atoms with Gasteiger partial charge in [0.1, 0.15) is 5.78 Å². The maximum absolute atomic E-state index is 13.1. The highest BCUT2D eigenvalue weighted by atomic mass is 19.3. The number of Topliss-reactive ketones (excluding diaryl/α,β-unsaturated/α-hetero) is 1. The lowest BCUT2D eigenvalue weighted by molar-refractivity contribution is -0.126. The Hall–Kier alpha value is -1.25. The van der Waals surface area contributed by atoms with Gasteiger partial charge in [0.15, 0.2) is 0 Å². The Morgan fingerprint density at radius 1 is 1.15 bits per heavy atom. The van der Waals surface area contributed by atoms with Gasteiger partial charge in [-0.3, -0.25) is 4.79 Å². The van der Waals surface area contributed by atoms with Gasteiger partial charge in [0, 0.05) is 25.2 Å². The summed E-state index contributed by atoms with van der Waals surface area (Å²) in [4.78, 5) is 12.2. The first-order chi connectivity index (χ1) is 9.53. The molecule has 1 aromatic carbocycles. The summed E-state index contributed by atoms with van der Waals surface area (Å²) < 4.78 is 26.2. The van der Waals surface area contributed by atoms with Gasteiger partial charge >= 0.3 is 0 Å². The number of alkyl halides is 2. The van der Waals surface area contributed by atoms with Crippen LogP contribution in [0.15, 0.2) is 18.2 Å². The number of fused-ring (bicyclic) bond motifs is 1. The van der Waals surface area contributed by atoms with Crippen LogP contribution >= 0.6 is 0 Å². The van der Waals surface area contributed by atoms with Gasteiger partial charge in [-0.15, -0.1) is 0 Å². The molecule has 2 aliphatic carbocycles. The highest BCUT2D eigenvalue weighted by Crippen LogP contribution is 2.37. The van der Waals surface area contributed by atoms with Gasteiger partial charge in [-0.05, 0) is 48.8 Å². The molecule has 1 fully saturated rings. The van der Waals surface area contributed by atoms with E-state index in [1.54, 1.807) is 0 Å². The van der Waals surface area contributed by atoms with E-state index in [0.29, 0.717) is 19.3 Å². The fraction of sp³-hybridized carbons (Fsp3) is 0.588. The first-order valence-corrected chi connectivity index (χ1v) is 7.55. The van der Waals surface area contributed by atoms with Crippen molar-refractivity contribution in [2.24, 2.45) is 5.92 Å². The lowest BCUT2D eigenvalue weighted by Crippen LogP contribution is -2.29. The molecule has 3 rings (SSSR count). The number of benzene rings is 1. The van der Waals surface area contributed by atoms with Crippen molar-refractivity contribution in [3.63, 3.8) is 0 Å². The van der Waals surface area contributed by atoms with E-state index in [4.69, 9.17) is 0 Å². The Labute approximate surface area is 118 Å². The summed E-state index contributed by atoms with van der Waals surface area (Å²) in [6, 6.07) is 6.29. The SMILES string of the molecule is O=C(Cc1ccc2c(c1)CCC2)C1CCC(F)(F)CC1. The molecule has 0 atom stereocenters. The van der Waals surface area contributed by atoms with Gasteiger partial charge in [-0.25, -0.2) is 8.78 Å². The molecule has 0 unspecified atom stereocenters. The van der Waals surface area contributed by atoms with Gasteiger partial charge in [-0.1, -0.05) is 18.2 Å². The predicted molar refractivity (Wildman–Crippen MR) is 74.1 cm³/mol. The highest BCUT2D eigenvalue weighted by molar-refractivity contribution is 5.83. The van der Waals surface area contributed by atoms with Gasteiger partial charge in [0.05, 0.1) is 0 Å². The number of carbonyl (C=O) groups excluding carboxylic acids is 1. The molecule has 0 aromatic heterocycles. The largest absolute Gasteiger partial charge is 0.299 e. The molecule has 108 valence electrons. The first kappa shape index (κ1) is 13.7. The Kier molecular flexibility index (Phi) is 3.61. The van der Waals surface area contributed by atoms with E-state index in [0.717, 1.165) is 18.4 Å². The third-order valence-corrected chi connectivity index (χ3v) is 4.71. The van der Waals surface area contributed by atoms with Crippen LogP contribution < -0.4 is 0 Å². The van der Waals surface area contributed by atoms with Crippen LogP contribution in [0.5, 0.6) is 0 Å². The van der Waals surface area contributed by atoms with Crippen molar-refractivity contribution >= 4 is 5.78 Å². The Morgan fingerprint density at radius 3 is 2.60 bits per heavy atom. The smallest absolute Gasteiger partial charge is 0.248 e. The molecule has 0 spiro atoms. The van der Waals surface area contributed by atoms with E-state index in [1.807, 2.05) is 6.07 Å². The van der Waals surface area contributed by atoms with Crippen LogP contribution in [0.25, 0.3) is 0 Å². The zero-order valence-electron chi connectivity index (χ0n) is 11.6. The van der Waals surface area contributed by atoms with Crippen LogP contribution in [-0.2, 0) is 24.1 Å². The molecule has 0 heterocycles. The lowest BCUT2D eigenvalue weighted by Gasteiger charge is -2.27. The normalized spacial score (nSPS) is 21.7. The fourth-order valence-corrected chi connectivity index (χ4v) is 3.44. The van der Waals surface area contributed by atoms with E-state index >= 15 is 0 Å². The van der Waals surface area contributed by atoms with E-state index in [2.05, 4.69) is 12.1 Å². The molecule has 0 bridgehead atoms. The summed E-state index contributed by atoms with van der Waals surface area (Å²) in [5.41, 5.74) is 3.82. The summed E-state index contributed by atoms with van der Waals surface area (Å²) in [7, 11) is 0. The maximum atomic E-state index is 13.1. The second-order valence-corrected chi connectivity index (χ2v) is 6.23. The number of ketones is 1. The van der Waals surface area contributed by atoms with Crippen LogP contribution in [0.3, 0.4) is 0 Å². The van der Waals surface area contributed by atoms with Gasteiger partial charge < -0.3 is 0 Å². The highest BCUT2D eigenvalue weighted by Gasteiger charge is 2.37. The topological polar surface area (TPSA) is 17.1 Å². The third-order valence-electron chi connectivity index (χ3n) is 4.71. The van der Waals surface area contributed by atoms with Crippen molar-refractivity contribution < 1.29 is 13.6 Å². The summed E-state index contributed by atoms with van der Waals surface area (Å²) >= 11 is 0. The second-order valence-electron chi connectivity index (χ2n) is 6.23. The molecule has 3 heteroatoms. The van der Waals surface area contributed by atoms with Crippen LogP contribution in [0.1, 0.15) is 48.8 Å². The van der Waals surface area contributed by atoms with E-state index < -0.39 is 5.92 Å². The molecule has 0 radical (unpaired) electrons. The van der Waals surface area contributed by atoms with Crippen LogP contribution in [-0.4, -0.2) is 11.7 Å². The van der Waals surface area contributed by atoms with Crippen molar-refractivity contribution in [1.29, 1.82) is 0 Å². The minimum atomic E-state index is -2.55. The first-order valence-electron chi connectivity index (χ1n) is 7.55. The summed E-state index contributed by atoms with van der Waals surface area (Å²) in [6.45, 7) is 0. The number of hydrogen-bond donors (Lipinski definition) is 0. The standard InChI is InChI=1S/C17H20F2O/c18-17(19)8-6-14(7-9-17)16(20)11-12-4-5-13-2-1-3-15(13)10-12/h4-5,10,14H,1-3,6-9,11H2. The monoisotopic (exact) mass is 278 g/mol. The number of carbonyl (C=O) groups is 1. The van der Waals surface area contributed by atoms with E-state index in [9.17, 15) is 13.6 Å². The number of rotatable bonds is 3. The molecule has 0 aliphatic heterocycles. The lowest BCUT2D eigenvalue weighted by atomic mass is 9.82. The molecular weight excluding hydrogens is 258 g/mol. The quantitative estimate of drug-likeness (QED) is 0.813. The number of hydrogen-bond acceptors (Lipinski definition) is 1. The second kappa shape index (κ2) is 5.27. The summed E-state index contributed by atoms with van der Waals surface area (Å²) in [5, 5.41) is 0. The zero-order valence-corrected chi connectivity index (χ0v) is 11.6. The molecule has 0 saturated heterocycles. The predicted octanol–water partition coefficient (Wildman–Crippen LogP) is 4.11. The minimum Gasteiger partial charge on any atom is -0.299 e. The molecular formula is C17H20F2O. The van der Waals surface area contributed by atoms with Crippen molar-refractivity contribution in [1.82, 2.24) is 0 Å². The summed E-state index contributed by atoms with van der Waals surface area (Å²) in [6.07, 6.45) is 4.27. The van der Waals surface area contributed by atoms with E-state index in [-0.39, 0.29) is 24.5 Å². The molecule has 2 aliphatic rings. The fourth-order valence-electron chi connectivity index (χ4n) is 3.44. The number of halogens is 2. The van der Waals surface area contributed by atoms with Crippen LogP contribution in [0, 0.1) is 5.92 Å². The van der Waals surface area contributed by atoms with Crippen LogP contribution in [0.4, 0.5) is 8.78 Å². The van der Waals surface area contributed by atoms with Gasteiger partial charge in [0.2, 0.25) is 5.92 Å². The summed E-state index contributed by atoms with van der Waals surface area (Å²) in [5.74, 6) is -2.58. The Bertz CT molecular complexity index is 512. The maximum Gasteiger partial charge on any atom is 0.248 e. The van der Waals surface area contributed by atoms with E-state index in [1.165, 1.54) is 17.5 Å². The third kappa shape index (κ3) is 2.92. The van der Waals surface area contributed by atoms with Crippen molar-refractivity contribution in [2.75, 3.05) is 0 Å².